The molecule has 0 saturated heterocycles. The Morgan fingerprint density at radius 3 is 2.23 bits per heavy atom. The van der Waals surface area contributed by atoms with E-state index >= 15 is 0 Å². The average molecular weight is 305 g/mol. The van der Waals surface area contributed by atoms with Gasteiger partial charge < -0.3 is 5.11 Å². The molecule has 4 rings (SSSR count). The third-order valence-electron chi connectivity index (χ3n) is 3.83. The number of rotatable bonds is 2. The van der Waals surface area contributed by atoms with Crippen molar-refractivity contribution in [3.05, 3.63) is 78.4 Å². The fourth-order valence-electron chi connectivity index (χ4n) is 2.92. The minimum Gasteiger partial charge on any atom is -0.477 e. The van der Waals surface area contributed by atoms with Gasteiger partial charge in [0.1, 0.15) is 5.56 Å². The number of carboxylic acids is 1. The van der Waals surface area contributed by atoms with Crippen molar-refractivity contribution in [1.82, 2.24) is 0 Å². The van der Waals surface area contributed by atoms with Gasteiger partial charge in [0.2, 0.25) is 4.70 Å². The molecular formula is C19H13O2S+. The minimum atomic E-state index is -0.863. The van der Waals surface area contributed by atoms with Gasteiger partial charge in [-0.1, -0.05) is 36.4 Å². The maximum absolute atomic E-state index is 11.7. The normalized spacial score (nSPS) is 11.9. The van der Waals surface area contributed by atoms with E-state index in [9.17, 15) is 9.90 Å². The number of aromatic carboxylic acids is 1. The van der Waals surface area contributed by atoms with Gasteiger partial charge in [-0.3, -0.25) is 0 Å². The van der Waals surface area contributed by atoms with Crippen LogP contribution in [0.25, 0.3) is 25.1 Å². The molecule has 2 nitrogen and oxygen atoms in total. The van der Waals surface area contributed by atoms with E-state index < -0.39 is 5.97 Å². The van der Waals surface area contributed by atoms with Gasteiger partial charge in [-0.05, 0) is 36.4 Å². The van der Waals surface area contributed by atoms with Crippen molar-refractivity contribution in [3.63, 3.8) is 0 Å². The molecule has 1 unspecified atom stereocenters. The first kappa shape index (κ1) is 13.0. The van der Waals surface area contributed by atoms with E-state index in [4.69, 9.17) is 0 Å². The number of fused-ring (bicyclic) bond motifs is 3. The summed E-state index contributed by atoms with van der Waals surface area (Å²) in [6.07, 6.45) is 0. The summed E-state index contributed by atoms with van der Waals surface area (Å²) in [6.45, 7) is 0. The van der Waals surface area contributed by atoms with E-state index in [2.05, 4.69) is 24.3 Å². The first-order chi connectivity index (χ1) is 10.8. The van der Waals surface area contributed by atoms with Crippen LogP contribution in [0.3, 0.4) is 0 Å². The van der Waals surface area contributed by atoms with Crippen LogP contribution < -0.4 is 0 Å². The van der Waals surface area contributed by atoms with Crippen LogP contribution in [0.5, 0.6) is 0 Å². The molecular weight excluding hydrogens is 292 g/mol. The first-order valence-corrected chi connectivity index (χ1v) is 8.25. The molecule has 3 heteroatoms. The molecule has 106 valence electrons. The quantitative estimate of drug-likeness (QED) is 0.501. The smallest absolute Gasteiger partial charge is 0.341 e. The molecule has 0 aliphatic carbocycles. The molecule has 22 heavy (non-hydrogen) atoms. The van der Waals surface area contributed by atoms with E-state index in [0.717, 1.165) is 20.4 Å². The van der Waals surface area contributed by atoms with Gasteiger partial charge in [0, 0.05) is 21.2 Å². The monoisotopic (exact) mass is 305 g/mol. The zero-order chi connectivity index (χ0) is 15.1. The van der Waals surface area contributed by atoms with Gasteiger partial charge in [0.15, 0.2) is 9.60 Å². The van der Waals surface area contributed by atoms with Gasteiger partial charge in [-0.15, -0.1) is 0 Å². The van der Waals surface area contributed by atoms with E-state index in [0.29, 0.717) is 5.56 Å². The lowest BCUT2D eigenvalue weighted by Gasteiger charge is -1.96. The van der Waals surface area contributed by atoms with E-state index in [1.54, 1.807) is 6.07 Å². The summed E-state index contributed by atoms with van der Waals surface area (Å²) < 4.78 is 2.14. The second-order valence-electron chi connectivity index (χ2n) is 5.10. The zero-order valence-corrected chi connectivity index (χ0v) is 12.5. The van der Waals surface area contributed by atoms with Crippen LogP contribution in [-0.2, 0) is 0 Å². The fourth-order valence-corrected chi connectivity index (χ4v) is 5.44. The molecule has 1 heterocycles. The van der Waals surface area contributed by atoms with Crippen LogP contribution in [0.4, 0.5) is 0 Å². The molecule has 4 aromatic rings. The maximum Gasteiger partial charge on any atom is 0.341 e. The summed E-state index contributed by atoms with van der Waals surface area (Å²) >= 11 is 0. The molecule has 1 atom stereocenters. The number of hydrogen-bond donors (Lipinski definition) is 1. The molecule has 1 N–H and O–H groups in total. The Morgan fingerprint density at radius 2 is 1.45 bits per heavy atom. The van der Waals surface area contributed by atoms with Crippen molar-refractivity contribution in [2.24, 2.45) is 0 Å². The molecule has 3 aromatic carbocycles. The highest BCUT2D eigenvalue weighted by molar-refractivity contribution is 7.50. The Balaban J connectivity index is 2.27. The van der Waals surface area contributed by atoms with Crippen molar-refractivity contribution >= 4 is 36.6 Å². The van der Waals surface area contributed by atoms with Gasteiger partial charge >= 0.3 is 5.97 Å². The summed E-state index contributed by atoms with van der Waals surface area (Å²) in [5.74, 6) is -0.863. The summed E-state index contributed by atoms with van der Waals surface area (Å²) in [6, 6.07) is 23.9. The molecule has 0 amide bonds. The Bertz CT molecular complexity index is 1000. The molecule has 0 spiro atoms. The lowest BCUT2D eigenvalue weighted by molar-refractivity contribution is 0.0699. The lowest BCUT2D eigenvalue weighted by Crippen LogP contribution is -1.95. The number of carbonyl (C=O) groups is 1. The summed E-state index contributed by atoms with van der Waals surface area (Å²) in [5, 5.41) is 11.8. The van der Waals surface area contributed by atoms with Crippen molar-refractivity contribution in [3.8, 4) is 4.90 Å². The number of carboxylic acid groups (broad SMARTS) is 1. The largest absolute Gasteiger partial charge is 0.477 e. The Hall–Kier alpha value is -2.65. The van der Waals surface area contributed by atoms with E-state index in [1.807, 2.05) is 42.5 Å². The van der Waals surface area contributed by atoms with Crippen LogP contribution >= 0.6 is 10.5 Å². The Morgan fingerprint density at radius 1 is 0.773 bits per heavy atom. The van der Waals surface area contributed by atoms with Crippen LogP contribution in [0, 0.1) is 0 Å². The Labute approximate surface area is 130 Å². The average Bonchev–Trinajstić information content (AvgIpc) is 2.90. The SMILES string of the molecule is O=C(O)c1cccc2c3ccccc3[s+](-c3ccccc3)c12. The molecule has 0 fully saturated rings. The highest BCUT2D eigenvalue weighted by atomic mass is 32.2. The van der Waals surface area contributed by atoms with Crippen LogP contribution in [-0.4, -0.2) is 11.1 Å². The standard InChI is InChI=1S/C19H12O2S/c20-19(21)16-11-6-10-15-14-9-4-5-12-17(14)22(18(15)16)13-7-2-1-3-8-13/h1-12H/p+1. The van der Waals surface area contributed by atoms with Crippen molar-refractivity contribution < 1.29 is 9.90 Å². The van der Waals surface area contributed by atoms with Gasteiger partial charge in [-0.2, -0.15) is 0 Å². The predicted molar refractivity (Wildman–Crippen MR) is 92.2 cm³/mol. The molecule has 0 bridgehead atoms. The number of hydrogen-bond acceptors (Lipinski definition) is 1. The molecule has 0 aliphatic rings. The molecule has 0 radical (unpaired) electrons. The molecule has 0 saturated carbocycles. The maximum atomic E-state index is 11.7. The number of benzene rings is 3. The molecule has 1 aromatic heterocycles. The highest BCUT2D eigenvalue weighted by Crippen LogP contribution is 2.49. The van der Waals surface area contributed by atoms with Crippen molar-refractivity contribution in [1.29, 1.82) is 0 Å². The van der Waals surface area contributed by atoms with Crippen LogP contribution in [0.1, 0.15) is 10.4 Å². The summed E-state index contributed by atoms with van der Waals surface area (Å²) in [7, 11) is -0.354. The highest BCUT2D eigenvalue weighted by Gasteiger charge is 2.27. The Kier molecular flexibility index (Phi) is 2.94. The summed E-state index contributed by atoms with van der Waals surface area (Å²) in [4.78, 5) is 12.8. The van der Waals surface area contributed by atoms with E-state index in [-0.39, 0.29) is 10.5 Å². The number of thiophene rings is 1. The van der Waals surface area contributed by atoms with Gasteiger partial charge in [-0.25, -0.2) is 4.79 Å². The predicted octanol–water partition coefficient (Wildman–Crippen LogP) is 5.43. The van der Waals surface area contributed by atoms with Crippen LogP contribution in [0.2, 0.25) is 0 Å². The molecule has 0 aliphatic heterocycles. The summed E-state index contributed by atoms with van der Waals surface area (Å²) in [5.41, 5.74) is 0.404. The third kappa shape index (κ3) is 1.83. The second kappa shape index (κ2) is 4.97. The second-order valence-corrected chi connectivity index (χ2v) is 7.03. The van der Waals surface area contributed by atoms with Gasteiger partial charge in [0.25, 0.3) is 0 Å². The van der Waals surface area contributed by atoms with Gasteiger partial charge in [0.05, 0.1) is 0 Å². The third-order valence-corrected chi connectivity index (χ3v) is 6.21. The van der Waals surface area contributed by atoms with E-state index in [1.165, 1.54) is 4.70 Å². The lowest BCUT2D eigenvalue weighted by atomic mass is 10.1. The van der Waals surface area contributed by atoms with Crippen molar-refractivity contribution in [2.75, 3.05) is 0 Å². The fraction of sp³-hybridized carbons (Fsp3) is 0. The topological polar surface area (TPSA) is 37.3 Å². The first-order valence-electron chi connectivity index (χ1n) is 7.02. The minimum absolute atomic E-state index is 0.354. The van der Waals surface area contributed by atoms with Crippen molar-refractivity contribution in [2.45, 2.75) is 0 Å². The zero-order valence-electron chi connectivity index (χ0n) is 11.7. The van der Waals surface area contributed by atoms with Crippen LogP contribution in [0.15, 0.2) is 72.8 Å².